The van der Waals surface area contributed by atoms with E-state index in [4.69, 9.17) is 15.9 Å². The van der Waals surface area contributed by atoms with Crippen molar-refractivity contribution in [2.24, 2.45) is 10.7 Å². The van der Waals surface area contributed by atoms with Gasteiger partial charge in [-0.2, -0.15) is 0 Å². The van der Waals surface area contributed by atoms with Crippen molar-refractivity contribution in [3.8, 4) is 0 Å². The third-order valence-corrected chi connectivity index (χ3v) is 2.85. The minimum absolute atomic E-state index is 0.355. The Kier molecular flexibility index (Phi) is 3.36. The molecule has 0 aromatic carbocycles. The van der Waals surface area contributed by atoms with Crippen molar-refractivity contribution < 1.29 is 4.74 Å². The van der Waals surface area contributed by atoms with Crippen LogP contribution in [0.3, 0.4) is 0 Å². The van der Waals surface area contributed by atoms with Crippen LogP contribution in [0.5, 0.6) is 0 Å². The lowest BCUT2D eigenvalue weighted by Crippen LogP contribution is -2.16. The molecule has 0 aliphatic carbocycles. The van der Waals surface area contributed by atoms with Gasteiger partial charge in [0.15, 0.2) is 0 Å². The molecular weight excluding hydrogens is 204 g/mol. The number of nitrogens with zero attached hydrogens (tertiary/aromatic N) is 1. The van der Waals surface area contributed by atoms with Gasteiger partial charge in [-0.05, 0) is 25.0 Å². The second kappa shape index (κ2) is 4.94. The van der Waals surface area contributed by atoms with E-state index in [1.807, 2.05) is 12.1 Å². The van der Waals surface area contributed by atoms with Crippen molar-refractivity contribution in [3.05, 3.63) is 23.5 Å². The van der Waals surface area contributed by atoms with Crippen LogP contribution >= 0.6 is 0 Å². The van der Waals surface area contributed by atoms with E-state index in [0.717, 1.165) is 38.1 Å². The lowest BCUT2D eigenvalue weighted by Gasteiger charge is -2.20. The fourth-order valence-electron chi connectivity index (χ4n) is 1.95. The Balaban J connectivity index is 2.12. The maximum absolute atomic E-state index is 6.86. The number of amidine groups is 1. The second-order valence-electron chi connectivity index (χ2n) is 3.86. The van der Waals surface area contributed by atoms with Crippen LogP contribution in [0.2, 0.25) is 0 Å². The van der Waals surface area contributed by atoms with Gasteiger partial charge in [0.1, 0.15) is 12.2 Å². The quantitative estimate of drug-likeness (QED) is 0.528. The summed E-state index contributed by atoms with van der Waals surface area (Å²) in [6.45, 7) is 1.65. The van der Waals surface area contributed by atoms with Crippen LogP contribution in [0.4, 0.5) is 0 Å². The van der Waals surface area contributed by atoms with Gasteiger partial charge in [-0.25, -0.2) is 4.99 Å². The molecule has 5 nitrogen and oxygen atoms in total. The molecule has 1 saturated heterocycles. The Hall–Kier alpha value is -1.62. The zero-order valence-corrected chi connectivity index (χ0v) is 9.07. The van der Waals surface area contributed by atoms with E-state index in [9.17, 15) is 0 Å². The number of ether oxygens (including phenoxy) is 1. The number of hydrogen-bond donors (Lipinski definition) is 3. The topological polar surface area (TPSA) is 87.2 Å². The SMILES string of the molecule is N=C/N=C(/N)c1ccc(C2CCOCC2)[nH]1. The zero-order chi connectivity index (χ0) is 11.4. The third kappa shape index (κ3) is 2.30. The number of nitrogens with two attached hydrogens (primary N) is 1. The Bertz CT molecular complexity index is 390. The first kappa shape index (κ1) is 10.9. The standard InChI is InChI=1S/C11H16N4O/c12-7-14-11(13)10-2-1-9(15-10)8-3-5-16-6-4-8/h1-2,7-8,15H,3-6H2,(H3,12,13,14). The molecule has 4 N–H and O–H groups in total. The molecule has 1 aromatic rings. The predicted octanol–water partition coefficient (Wildman–Crippen LogP) is 1.22. The highest BCUT2D eigenvalue weighted by molar-refractivity contribution is 5.99. The van der Waals surface area contributed by atoms with Crippen molar-refractivity contribution in [1.82, 2.24) is 4.98 Å². The molecule has 86 valence electrons. The first-order chi connectivity index (χ1) is 7.81. The molecule has 5 heteroatoms. The summed E-state index contributed by atoms with van der Waals surface area (Å²) in [5.74, 6) is 0.878. The van der Waals surface area contributed by atoms with Gasteiger partial charge in [0.2, 0.25) is 0 Å². The van der Waals surface area contributed by atoms with Crippen LogP contribution in [0, 0.1) is 5.41 Å². The summed E-state index contributed by atoms with van der Waals surface area (Å²) in [5.41, 5.74) is 7.66. The number of H-pyrrole nitrogens is 1. The summed E-state index contributed by atoms with van der Waals surface area (Å²) in [7, 11) is 0. The van der Waals surface area contributed by atoms with E-state index in [1.54, 1.807) is 0 Å². The van der Waals surface area contributed by atoms with E-state index >= 15 is 0 Å². The Morgan fingerprint density at radius 3 is 2.94 bits per heavy atom. The van der Waals surface area contributed by atoms with Gasteiger partial charge in [0.25, 0.3) is 0 Å². The summed E-state index contributed by atoms with van der Waals surface area (Å²) >= 11 is 0. The zero-order valence-electron chi connectivity index (χ0n) is 9.07. The lowest BCUT2D eigenvalue weighted by atomic mass is 9.97. The number of rotatable bonds is 3. The summed E-state index contributed by atoms with van der Waals surface area (Å²) < 4.78 is 5.32. The predicted molar refractivity (Wildman–Crippen MR) is 63.1 cm³/mol. The molecular formula is C11H16N4O. The minimum Gasteiger partial charge on any atom is -0.382 e. The average Bonchev–Trinajstić information content (AvgIpc) is 2.80. The van der Waals surface area contributed by atoms with Crippen LogP contribution in [-0.2, 0) is 4.74 Å². The molecule has 0 atom stereocenters. The molecule has 0 radical (unpaired) electrons. The van der Waals surface area contributed by atoms with E-state index in [-0.39, 0.29) is 0 Å². The summed E-state index contributed by atoms with van der Waals surface area (Å²) in [6.07, 6.45) is 3.04. The molecule has 0 saturated carbocycles. The number of hydrogen-bond acceptors (Lipinski definition) is 2. The number of aliphatic imine (C=N–C) groups is 1. The summed E-state index contributed by atoms with van der Waals surface area (Å²) in [5, 5.41) is 6.86. The van der Waals surface area contributed by atoms with Crippen molar-refractivity contribution in [2.75, 3.05) is 13.2 Å². The second-order valence-corrected chi connectivity index (χ2v) is 3.86. The number of nitrogens with one attached hydrogen (secondary N) is 2. The monoisotopic (exact) mass is 220 g/mol. The fourth-order valence-corrected chi connectivity index (χ4v) is 1.95. The van der Waals surface area contributed by atoms with Crippen LogP contribution < -0.4 is 5.73 Å². The van der Waals surface area contributed by atoms with Gasteiger partial charge in [0, 0.05) is 24.8 Å². The van der Waals surface area contributed by atoms with Gasteiger partial charge in [0.05, 0.1) is 5.69 Å². The maximum Gasteiger partial charge on any atom is 0.148 e. The minimum atomic E-state index is 0.355. The molecule has 2 rings (SSSR count). The fraction of sp³-hybridized carbons (Fsp3) is 0.455. The average molecular weight is 220 g/mol. The van der Waals surface area contributed by atoms with Gasteiger partial charge in [-0.1, -0.05) is 0 Å². The first-order valence-electron chi connectivity index (χ1n) is 5.40. The lowest BCUT2D eigenvalue weighted by molar-refractivity contribution is 0.0846. The van der Waals surface area contributed by atoms with Gasteiger partial charge in [-0.3, -0.25) is 5.41 Å². The molecule has 1 aliphatic rings. The van der Waals surface area contributed by atoms with Crippen molar-refractivity contribution in [1.29, 1.82) is 5.41 Å². The van der Waals surface area contributed by atoms with E-state index in [1.165, 1.54) is 5.69 Å². The van der Waals surface area contributed by atoms with E-state index in [0.29, 0.717) is 11.8 Å². The highest BCUT2D eigenvalue weighted by Crippen LogP contribution is 2.25. The number of aromatic nitrogens is 1. The van der Waals surface area contributed by atoms with Crippen molar-refractivity contribution in [2.45, 2.75) is 18.8 Å². The molecule has 16 heavy (non-hydrogen) atoms. The molecule has 1 fully saturated rings. The Labute approximate surface area is 94.2 Å². The van der Waals surface area contributed by atoms with E-state index < -0.39 is 0 Å². The molecule has 0 bridgehead atoms. The molecule has 0 amide bonds. The highest BCUT2D eigenvalue weighted by Gasteiger charge is 2.17. The maximum atomic E-state index is 6.86. The highest BCUT2D eigenvalue weighted by atomic mass is 16.5. The number of aromatic amines is 1. The first-order valence-corrected chi connectivity index (χ1v) is 5.40. The molecule has 0 unspecified atom stereocenters. The van der Waals surface area contributed by atoms with Crippen LogP contribution in [0.1, 0.15) is 30.1 Å². The molecule has 0 spiro atoms. The van der Waals surface area contributed by atoms with Crippen LogP contribution in [-0.4, -0.2) is 30.4 Å². The summed E-state index contributed by atoms with van der Waals surface area (Å²) in [4.78, 5) is 6.99. The summed E-state index contributed by atoms with van der Waals surface area (Å²) in [6, 6.07) is 3.95. The Morgan fingerprint density at radius 1 is 1.50 bits per heavy atom. The molecule has 1 aliphatic heterocycles. The third-order valence-electron chi connectivity index (χ3n) is 2.85. The van der Waals surface area contributed by atoms with Gasteiger partial charge < -0.3 is 15.5 Å². The van der Waals surface area contributed by atoms with Crippen molar-refractivity contribution >= 4 is 12.2 Å². The molecule has 2 heterocycles. The smallest absolute Gasteiger partial charge is 0.148 e. The van der Waals surface area contributed by atoms with Crippen molar-refractivity contribution in [3.63, 3.8) is 0 Å². The molecule has 1 aromatic heterocycles. The Morgan fingerprint density at radius 2 is 2.25 bits per heavy atom. The van der Waals surface area contributed by atoms with Crippen LogP contribution in [0.25, 0.3) is 0 Å². The van der Waals surface area contributed by atoms with Gasteiger partial charge in [-0.15, -0.1) is 0 Å². The van der Waals surface area contributed by atoms with E-state index in [2.05, 4.69) is 9.98 Å². The van der Waals surface area contributed by atoms with Crippen LogP contribution in [0.15, 0.2) is 17.1 Å². The van der Waals surface area contributed by atoms with Gasteiger partial charge >= 0.3 is 0 Å². The normalized spacial score (nSPS) is 18.6. The largest absolute Gasteiger partial charge is 0.382 e.